The van der Waals surface area contributed by atoms with Gasteiger partial charge in [-0.05, 0) is 62.6 Å². The molecule has 6 heteroatoms. The van der Waals surface area contributed by atoms with Gasteiger partial charge >= 0.3 is 0 Å². The number of benzene rings is 1. The van der Waals surface area contributed by atoms with Gasteiger partial charge in [0.25, 0.3) is 0 Å². The number of piperidine rings is 1. The minimum atomic E-state index is -3.21. The van der Waals surface area contributed by atoms with Crippen molar-refractivity contribution in [1.29, 1.82) is 0 Å². The molecule has 2 heterocycles. The number of carbonyl (C=O) groups excluding carboxylic acids is 1. The number of nitrogens with zero attached hydrogens (tertiary/aromatic N) is 1. The highest BCUT2D eigenvalue weighted by Crippen LogP contribution is 2.49. The number of hydrogen-bond acceptors (Lipinski definition) is 4. The van der Waals surface area contributed by atoms with Crippen molar-refractivity contribution >= 4 is 15.7 Å². The minimum Gasteiger partial charge on any atom is -0.352 e. The van der Waals surface area contributed by atoms with E-state index in [1.54, 1.807) is 0 Å². The zero-order valence-electron chi connectivity index (χ0n) is 15.2. The molecule has 1 spiro atoms. The maximum Gasteiger partial charge on any atom is 0.238 e. The number of rotatable bonds is 4. The lowest BCUT2D eigenvalue weighted by Gasteiger charge is -2.52. The van der Waals surface area contributed by atoms with E-state index in [2.05, 4.69) is 34.5 Å². The molecule has 1 aliphatic carbocycles. The Morgan fingerprint density at radius 3 is 2.46 bits per heavy atom. The third-order valence-electron chi connectivity index (χ3n) is 6.49. The highest BCUT2D eigenvalue weighted by molar-refractivity contribution is 7.93. The molecule has 0 aromatic heterocycles. The van der Waals surface area contributed by atoms with Gasteiger partial charge < -0.3 is 5.32 Å². The molecule has 1 amide bonds. The maximum absolute atomic E-state index is 12.3. The summed E-state index contributed by atoms with van der Waals surface area (Å²) in [4.78, 5) is 14.8. The first kappa shape index (κ1) is 18.0. The summed E-state index contributed by atoms with van der Waals surface area (Å²) in [6.45, 7) is 3.22. The van der Waals surface area contributed by atoms with Crippen LogP contribution in [0.25, 0.3) is 0 Å². The Hall–Kier alpha value is -1.40. The molecule has 0 bridgehead atoms. The van der Waals surface area contributed by atoms with Gasteiger partial charge in [0.1, 0.15) is 5.25 Å². The molecule has 26 heavy (non-hydrogen) atoms. The first-order chi connectivity index (χ1) is 12.5. The zero-order chi connectivity index (χ0) is 18.2. The molecule has 1 aromatic rings. The van der Waals surface area contributed by atoms with Crippen molar-refractivity contribution in [2.45, 2.75) is 56.4 Å². The third-order valence-corrected chi connectivity index (χ3v) is 8.67. The molecule has 1 atom stereocenters. The Kier molecular flexibility index (Phi) is 4.82. The van der Waals surface area contributed by atoms with Gasteiger partial charge in [-0.25, -0.2) is 8.42 Å². The van der Waals surface area contributed by atoms with Crippen molar-refractivity contribution in [3.05, 3.63) is 35.9 Å². The van der Waals surface area contributed by atoms with Crippen LogP contribution in [-0.2, 0) is 21.2 Å². The van der Waals surface area contributed by atoms with Crippen LogP contribution in [0.4, 0.5) is 0 Å². The van der Waals surface area contributed by atoms with E-state index in [1.165, 1.54) is 18.4 Å². The fourth-order valence-electron chi connectivity index (χ4n) is 4.90. The van der Waals surface area contributed by atoms with Gasteiger partial charge in [0.15, 0.2) is 9.84 Å². The van der Waals surface area contributed by atoms with E-state index < -0.39 is 15.1 Å². The number of nitrogens with one attached hydrogen (secondary N) is 1. The Balaban J connectivity index is 1.23. The van der Waals surface area contributed by atoms with Crippen molar-refractivity contribution in [2.24, 2.45) is 5.41 Å². The van der Waals surface area contributed by atoms with Gasteiger partial charge in [0.05, 0.1) is 5.75 Å². The molecule has 2 saturated heterocycles. The van der Waals surface area contributed by atoms with Gasteiger partial charge in [0, 0.05) is 12.6 Å². The molecule has 3 fully saturated rings. The van der Waals surface area contributed by atoms with Crippen LogP contribution < -0.4 is 5.32 Å². The molecule has 3 aliphatic rings. The quantitative estimate of drug-likeness (QED) is 0.874. The molecule has 5 nitrogen and oxygen atoms in total. The number of hydrogen-bond donors (Lipinski definition) is 1. The lowest BCUT2D eigenvalue weighted by atomic mass is 9.60. The average Bonchev–Trinajstić information content (AvgIpc) is 2.95. The summed E-state index contributed by atoms with van der Waals surface area (Å²) in [5.74, 6) is -0.0967. The van der Waals surface area contributed by atoms with Crippen molar-refractivity contribution in [3.63, 3.8) is 0 Å². The second kappa shape index (κ2) is 6.97. The fourth-order valence-corrected chi connectivity index (χ4v) is 6.68. The van der Waals surface area contributed by atoms with E-state index in [0.29, 0.717) is 18.3 Å². The summed E-state index contributed by atoms with van der Waals surface area (Å²) in [7, 11) is -3.21. The monoisotopic (exact) mass is 376 g/mol. The second-order valence-electron chi connectivity index (χ2n) is 8.37. The van der Waals surface area contributed by atoms with Crippen molar-refractivity contribution in [1.82, 2.24) is 10.2 Å². The van der Waals surface area contributed by atoms with E-state index in [4.69, 9.17) is 0 Å². The molecular weight excluding hydrogens is 348 g/mol. The van der Waals surface area contributed by atoms with Gasteiger partial charge in [0.2, 0.25) is 5.91 Å². The summed E-state index contributed by atoms with van der Waals surface area (Å²) in [5, 5.41) is 2.21. The van der Waals surface area contributed by atoms with E-state index in [-0.39, 0.29) is 17.7 Å². The van der Waals surface area contributed by atoms with Gasteiger partial charge in [-0.3, -0.25) is 9.69 Å². The van der Waals surface area contributed by atoms with Gasteiger partial charge in [-0.1, -0.05) is 30.3 Å². The minimum absolute atomic E-state index is 0.164. The Morgan fingerprint density at radius 1 is 1.15 bits per heavy atom. The van der Waals surface area contributed by atoms with Crippen molar-refractivity contribution < 1.29 is 13.2 Å². The maximum atomic E-state index is 12.3. The number of amides is 1. The summed E-state index contributed by atoms with van der Waals surface area (Å²) in [6, 6.07) is 10.7. The topological polar surface area (TPSA) is 66.5 Å². The highest BCUT2D eigenvalue weighted by atomic mass is 32.2. The van der Waals surface area contributed by atoms with Crippen LogP contribution in [0.1, 0.15) is 44.1 Å². The fraction of sp³-hybridized carbons (Fsp3) is 0.650. The molecule has 0 radical (unpaired) electrons. The Morgan fingerprint density at radius 2 is 1.85 bits per heavy atom. The smallest absolute Gasteiger partial charge is 0.238 e. The van der Waals surface area contributed by atoms with Crippen LogP contribution >= 0.6 is 0 Å². The first-order valence-electron chi connectivity index (χ1n) is 9.74. The standard InChI is InChI=1S/C20H28N2O3S/c23-19(18-7-4-12-26(18,24)25)21-17-13-20(14-17)8-10-22(11-9-20)15-16-5-2-1-3-6-16/h1-3,5-6,17-18H,4,7-15H2,(H,21,23). The molecule has 142 valence electrons. The number of sulfone groups is 1. The number of likely N-dealkylation sites (tertiary alicyclic amines) is 1. The van der Waals surface area contributed by atoms with Crippen LogP contribution in [0.15, 0.2) is 30.3 Å². The molecule has 1 N–H and O–H groups in total. The SMILES string of the molecule is O=C(NC1CC2(CCN(Cc3ccccc3)CC2)C1)C1CCCS1(=O)=O. The van der Waals surface area contributed by atoms with E-state index in [9.17, 15) is 13.2 Å². The summed E-state index contributed by atoms with van der Waals surface area (Å²) < 4.78 is 23.8. The zero-order valence-corrected chi connectivity index (χ0v) is 16.0. The van der Waals surface area contributed by atoms with Crippen molar-refractivity contribution in [2.75, 3.05) is 18.8 Å². The third kappa shape index (κ3) is 3.67. The molecule has 1 saturated carbocycles. The van der Waals surface area contributed by atoms with Gasteiger partial charge in [-0.15, -0.1) is 0 Å². The van der Waals surface area contributed by atoms with Crippen molar-refractivity contribution in [3.8, 4) is 0 Å². The largest absolute Gasteiger partial charge is 0.352 e. The van der Waals surface area contributed by atoms with Crippen LogP contribution in [-0.4, -0.2) is 49.4 Å². The van der Waals surface area contributed by atoms with Crippen LogP contribution in [0.2, 0.25) is 0 Å². The van der Waals surface area contributed by atoms with Gasteiger partial charge in [-0.2, -0.15) is 0 Å². The molecule has 4 rings (SSSR count). The average molecular weight is 377 g/mol. The van der Waals surface area contributed by atoms with Crippen LogP contribution in [0.5, 0.6) is 0 Å². The Bertz CT molecular complexity index is 747. The lowest BCUT2D eigenvalue weighted by molar-refractivity contribution is -0.123. The Labute approximate surface area is 156 Å². The van der Waals surface area contributed by atoms with Crippen LogP contribution in [0.3, 0.4) is 0 Å². The first-order valence-corrected chi connectivity index (χ1v) is 11.5. The number of carbonyl (C=O) groups is 1. The molecule has 2 aliphatic heterocycles. The molecule has 1 unspecified atom stereocenters. The summed E-state index contributed by atoms with van der Waals surface area (Å²) in [5.41, 5.74) is 1.72. The second-order valence-corrected chi connectivity index (χ2v) is 10.7. The summed E-state index contributed by atoms with van der Waals surface area (Å²) in [6.07, 6.45) is 5.46. The highest BCUT2D eigenvalue weighted by Gasteiger charge is 2.47. The van der Waals surface area contributed by atoms with E-state index in [0.717, 1.165) is 32.5 Å². The predicted octanol–water partition coefficient (Wildman–Crippen LogP) is 2.12. The molecule has 1 aromatic carbocycles. The van der Waals surface area contributed by atoms with E-state index >= 15 is 0 Å². The molecular formula is C20H28N2O3S. The normalized spacial score (nSPS) is 27.9. The lowest BCUT2D eigenvalue weighted by Crippen LogP contribution is -2.56. The van der Waals surface area contributed by atoms with Crippen LogP contribution in [0, 0.1) is 5.41 Å². The predicted molar refractivity (Wildman–Crippen MR) is 101 cm³/mol. The van der Waals surface area contributed by atoms with E-state index in [1.807, 2.05) is 6.07 Å². The summed E-state index contributed by atoms with van der Waals surface area (Å²) >= 11 is 0.